The van der Waals surface area contributed by atoms with Gasteiger partial charge < -0.3 is 19.8 Å². The van der Waals surface area contributed by atoms with Crippen LogP contribution < -0.4 is 9.47 Å². The average Bonchev–Trinajstić information content (AvgIpc) is 2.72. The van der Waals surface area contributed by atoms with Crippen LogP contribution in [0.25, 0.3) is 0 Å². The third-order valence-corrected chi connectivity index (χ3v) is 5.74. The van der Waals surface area contributed by atoms with E-state index in [-0.39, 0.29) is 11.6 Å². The molecule has 1 N–H and O–H groups in total. The first-order valence-corrected chi connectivity index (χ1v) is 8.88. The highest BCUT2D eigenvalue weighted by Crippen LogP contribution is 2.55. The van der Waals surface area contributed by atoms with Gasteiger partial charge in [-0.2, -0.15) is 15.8 Å². The number of benzene rings is 1. The second-order valence-electron chi connectivity index (χ2n) is 7.12. The van der Waals surface area contributed by atoms with E-state index >= 15 is 0 Å². The van der Waals surface area contributed by atoms with Crippen LogP contribution >= 0.6 is 0 Å². The SMILES string of the molecule is COc1ccc(OC)c([C@@H]2[C@H]3CN(C)CC=C3C(C#N)C(=N)C2(C#N)C#N)c1. The van der Waals surface area contributed by atoms with Crippen LogP contribution in [0.15, 0.2) is 29.8 Å². The number of nitriles is 3. The zero-order valence-electron chi connectivity index (χ0n) is 16.1. The molecule has 0 saturated heterocycles. The summed E-state index contributed by atoms with van der Waals surface area (Å²) < 4.78 is 10.9. The van der Waals surface area contributed by atoms with Gasteiger partial charge in [-0.1, -0.05) is 6.08 Å². The molecule has 1 aromatic carbocycles. The summed E-state index contributed by atoms with van der Waals surface area (Å²) in [7, 11) is 5.03. The Morgan fingerprint density at radius 2 is 1.89 bits per heavy atom. The second kappa shape index (κ2) is 7.35. The van der Waals surface area contributed by atoms with Gasteiger partial charge >= 0.3 is 0 Å². The Bertz CT molecular complexity index is 948. The van der Waals surface area contributed by atoms with Crippen molar-refractivity contribution in [3.05, 3.63) is 35.4 Å². The van der Waals surface area contributed by atoms with E-state index in [2.05, 4.69) is 23.1 Å². The second-order valence-corrected chi connectivity index (χ2v) is 7.12. The lowest BCUT2D eigenvalue weighted by atomic mass is 9.54. The van der Waals surface area contributed by atoms with E-state index in [0.29, 0.717) is 30.2 Å². The fraction of sp³-hybridized carbons (Fsp3) is 0.429. The quantitative estimate of drug-likeness (QED) is 0.811. The summed E-state index contributed by atoms with van der Waals surface area (Å²) in [6, 6.07) is 11.6. The van der Waals surface area contributed by atoms with E-state index in [1.165, 1.54) is 7.11 Å². The fourth-order valence-electron chi connectivity index (χ4n) is 4.38. The first-order valence-electron chi connectivity index (χ1n) is 8.88. The van der Waals surface area contributed by atoms with Crippen LogP contribution in [0.3, 0.4) is 0 Å². The number of rotatable bonds is 3. The topological polar surface area (TPSA) is 117 Å². The predicted octanol–water partition coefficient (Wildman–Crippen LogP) is 2.48. The van der Waals surface area contributed by atoms with Gasteiger partial charge in [0.2, 0.25) is 0 Å². The number of likely N-dealkylation sites (N-methyl/N-ethyl adjacent to an activating group) is 1. The Morgan fingerprint density at radius 1 is 1.18 bits per heavy atom. The van der Waals surface area contributed by atoms with E-state index in [4.69, 9.17) is 14.9 Å². The molecule has 1 heterocycles. The number of ether oxygens (including phenoxy) is 2. The Kier molecular flexibility index (Phi) is 5.10. The molecule has 7 heteroatoms. The molecule has 0 bridgehead atoms. The number of fused-ring (bicyclic) bond motifs is 1. The maximum atomic E-state index is 10.1. The highest BCUT2D eigenvalue weighted by atomic mass is 16.5. The minimum Gasteiger partial charge on any atom is -0.497 e. The molecular weight excluding hydrogens is 354 g/mol. The molecule has 0 spiro atoms. The van der Waals surface area contributed by atoms with Crippen molar-refractivity contribution in [3.8, 4) is 29.7 Å². The van der Waals surface area contributed by atoms with Crippen LogP contribution in [0.1, 0.15) is 11.5 Å². The molecule has 1 aromatic rings. The Labute approximate surface area is 164 Å². The van der Waals surface area contributed by atoms with Crippen molar-refractivity contribution in [2.24, 2.45) is 17.3 Å². The third kappa shape index (κ3) is 2.71. The summed E-state index contributed by atoms with van der Waals surface area (Å²) in [5, 5.41) is 38.5. The molecular formula is C21H21N5O2. The highest BCUT2D eigenvalue weighted by Gasteiger charge is 2.58. The minimum absolute atomic E-state index is 0.165. The number of nitrogens with zero attached hydrogens (tertiary/aromatic N) is 4. The molecule has 0 aromatic heterocycles. The van der Waals surface area contributed by atoms with Gasteiger partial charge in [-0.15, -0.1) is 0 Å². The molecule has 2 aliphatic rings. The van der Waals surface area contributed by atoms with Crippen molar-refractivity contribution in [1.82, 2.24) is 4.90 Å². The van der Waals surface area contributed by atoms with Crippen LogP contribution in [0.5, 0.6) is 11.5 Å². The van der Waals surface area contributed by atoms with Crippen molar-refractivity contribution in [3.63, 3.8) is 0 Å². The standard InChI is InChI=1S/C21H21N5O2/c1-26-7-6-14-16(9-22)20(25)21(11-23,12-24)19(17(14)10-26)15-8-13(27-2)4-5-18(15)28-3/h4-6,8,16-17,19,25H,7,10H2,1-3H3/t16?,17-,19+/m0/s1. The Balaban J connectivity index is 2.33. The fourth-order valence-corrected chi connectivity index (χ4v) is 4.38. The molecule has 1 saturated carbocycles. The maximum absolute atomic E-state index is 10.1. The lowest BCUT2D eigenvalue weighted by Crippen LogP contribution is -2.52. The van der Waals surface area contributed by atoms with E-state index < -0.39 is 17.3 Å². The molecule has 0 amide bonds. The lowest BCUT2D eigenvalue weighted by Gasteiger charge is -2.47. The van der Waals surface area contributed by atoms with Crippen molar-refractivity contribution >= 4 is 5.71 Å². The zero-order chi connectivity index (χ0) is 20.5. The maximum Gasteiger partial charge on any atom is 0.189 e. The van der Waals surface area contributed by atoms with Gasteiger partial charge in [-0.3, -0.25) is 0 Å². The van der Waals surface area contributed by atoms with Gasteiger partial charge in [0, 0.05) is 30.5 Å². The number of hydrogen-bond donors (Lipinski definition) is 1. The average molecular weight is 375 g/mol. The number of methoxy groups -OCH3 is 2. The lowest BCUT2D eigenvalue weighted by molar-refractivity contribution is 0.231. The normalized spacial score (nSPS) is 26.1. The Hall–Kier alpha value is -3.34. The van der Waals surface area contributed by atoms with Crippen molar-refractivity contribution in [2.45, 2.75) is 5.92 Å². The Morgan fingerprint density at radius 3 is 2.46 bits per heavy atom. The van der Waals surface area contributed by atoms with Gasteiger partial charge in [-0.05, 0) is 30.8 Å². The highest BCUT2D eigenvalue weighted by molar-refractivity contribution is 6.01. The number of hydrogen-bond acceptors (Lipinski definition) is 7. The van der Waals surface area contributed by atoms with Crippen LogP contribution in [0.2, 0.25) is 0 Å². The van der Waals surface area contributed by atoms with Gasteiger partial charge in [0.25, 0.3) is 0 Å². The predicted molar refractivity (Wildman–Crippen MR) is 102 cm³/mol. The van der Waals surface area contributed by atoms with E-state index in [1.807, 2.05) is 13.1 Å². The minimum atomic E-state index is -1.76. The molecule has 142 valence electrons. The summed E-state index contributed by atoms with van der Waals surface area (Å²) >= 11 is 0. The molecule has 1 fully saturated rings. The summed E-state index contributed by atoms with van der Waals surface area (Å²) in [5.41, 5.74) is -0.485. The van der Waals surface area contributed by atoms with Crippen LogP contribution in [0, 0.1) is 56.7 Å². The molecule has 3 rings (SSSR count). The van der Waals surface area contributed by atoms with Crippen molar-refractivity contribution < 1.29 is 9.47 Å². The number of nitrogens with one attached hydrogen (secondary N) is 1. The third-order valence-electron chi connectivity index (χ3n) is 5.74. The van der Waals surface area contributed by atoms with E-state index in [1.54, 1.807) is 25.3 Å². The van der Waals surface area contributed by atoms with Gasteiger partial charge in [0.1, 0.15) is 17.4 Å². The van der Waals surface area contributed by atoms with Gasteiger partial charge in [0.05, 0.1) is 38.1 Å². The van der Waals surface area contributed by atoms with Gasteiger partial charge in [0.15, 0.2) is 5.41 Å². The molecule has 1 aliphatic carbocycles. The summed E-state index contributed by atoms with van der Waals surface area (Å²) in [6.45, 7) is 1.23. The monoisotopic (exact) mass is 375 g/mol. The molecule has 1 unspecified atom stereocenters. The van der Waals surface area contributed by atoms with Crippen LogP contribution in [-0.4, -0.2) is 45.0 Å². The summed E-state index contributed by atoms with van der Waals surface area (Å²) in [5.74, 6) is -0.692. The smallest absolute Gasteiger partial charge is 0.189 e. The summed E-state index contributed by atoms with van der Waals surface area (Å²) in [4.78, 5) is 2.08. The largest absolute Gasteiger partial charge is 0.497 e. The first kappa shape index (κ1) is 19.4. The molecule has 0 radical (unpaired) electrons. The van der Waals surface area contributed by atoms with Crippen LogP contribution in [0.4, 0.5) is 0 Å². The molecule has 3 atom stereocenters. The molecule has 28 heavy (non-hydrogen) atoms. The molecule has 1 aliphatic heterocycles. The van der Waals surface area contributed by atoms with Gasteiger partial charge in [-0.25, -0.2) is 0 Å². The summed E-state index contributed by atoms with van der Waals surface area (Å²) in [6.07, 6.45) is 1.95. The van der Waals surface area contributed by atoms with E-state index in [9.17, 15) is 15.8 Å². The van der Waals surface area contributed by atoms with Crippen molar-refractivity contribution in [2.75, 3.05) is 34.4 Å². The van der Waals surface area contributed by atoms with E-state index in [0.717, 1.165) is 5.57 Å². The first-order chi connectivity index (χ1) is 13.5. The van der Waals surface area contributed by atoms with Crippen LogP contribution in [-0.2, 0) is 0 Å². The molecule has 7 nitrogen and oxygen atoms in total. The van der Waals surface area contributed by atoms with Crippen molar-refractivity contribution in [1.29, 1.82) is 21.2 Å². The zero-order valence-corrected chi connectivity index (χ0v) is 16.1.